The van der Waals surface area contributed by atoms with Crippen LogP contribution in [0.2, 0.25) is 5.02 Å². The summed E-state index contributed by atoms with van der Waals surface area (Å²) in [7, 11) is 0. The van der Waals surface area contributed by atoms with Crippen LogP contribution < -0.4 is 4.74 Å². The maximum atomic E-state index is 13.0. The van der Waals surface area contributed by atoms with Crippen LogP contribution in [0.5, 0.6) is 11.5 Å². The Balaban J connectivity index is 1.16. The minimum Gasteiger partial charge on any atom is -0.508 e. The first-order valence-corrected chi connectivity index (χ1v) is 13.0. The summed E-state index contributed by atoms with van der Waals surface area (Å²) in [6, 6.07) is 10.3. The third-order valence-electron chi connectivity index (χ3n) is 7.51. The van der Waals surface area contributed by atoms with Crippen molar-refractivity contribution in [1.82, 2.24) is 9.80 Å². The highest BCUT2D eigenvalue weighted by molar-refractivity contribution is 6.30. The third kappa shape index (κ3) is 5.33. The molecule has 36 heavy (non-hydrogen) atoms. The Morgan fingerprint density at radius 3 is 2.78 bits per heavy atom. The summed E-state index contributed by atoms with van der Waals surface area (Å²) >= 11 is 6.14. The van der Waals surface area contributed by atoms with Gasteiger partial charge in [0.25, 0.3) is 5.91 Å². The fraction of sp³-hybridized carbons (Fsp3) is 0.519. The lowest BCUT2D eigenvalue weighted by Gasteiger charge is -2.39. The molecular weight excluding hydrogens is 484 g/mol. The van der Waals surface area contributed by atoms with Crippen molar-refractivity contribution >= 4 is 17.5 Å². The van der Waals surface area contributed by atoms with Gasteiger partial charge in [-0.25, -0.2) is 0 Å². The fourth-order valence-corrected chi connectivity index (χ4v) is 5.78. The zero-order valence-electron chi connectivity index (χ0n) is 20.2. The Labute approximate surface area is 216 Å². The van der Waals surface area contributed by atoms with Gasteiger partial charge in [0.2, 0.25) is 0 Å². The Kier molecular flexibility index (Phi) is 7.42. The molecule has 0 radical (unpaired) electrons. The lowest BCUT2D eigenvalue weighted by molar-refractivity contribution is -0.0835. The number of carbonyl (C=O) groups is 1. The first kappa shape index (κ1) is 25.3. The summed E-state index contributed by atoms with van der Waals surface area (Å²) < 4.78 is 12.0. The molecule has 9 heteroatoms. The number of aliphatic hydroxyl groups excluding tert-OH is 2. The van der Waals surface area contributed by atoms with Crippen LogP contribution >= 0.6 is 11.6 Å². The van der Waals surface area contributed by atoms with Gasteiger partial charge in [0.05, 0.1) is 23.9 Å². The van der Waals surface area contributed by atoms with Gasteiger partial charge in [-0.1, -0.05) is 17.7 Å². The van der Waals surface area contributed by atoms with Crippen molar-refractivity contribution in [2.45, 2.75) is 50.1 Å². The molecule has 0 aliphatic carbocycles. The van der Waals surface area contributed by atoms with E-state index in [0.29, 0.717) is 31.7 Å². The van der Waals surface area contributed by atoms with Crippen LogP contribution in [0.3, 0.4) is 0 Å². The van der Waals surface area contributed by atoms with Crippen molar-refractivity contribution in [2.75, 3.05) is 39.3 Å². The van der Waals surface area contributed by atoms with Crippen molar-refractivity contribution in [3.05, 3.63) is 58.1 Å². The maximum Gasteiger partial charge on any atom is 0.257 e. The van der Waals surface area contributed by atoms with E-state index in [1.165, 1.54) is 23.8 Å². The molecule has 2 aromatic rings. The average Bonchev–Trinajstić information content (AvgIpc) is 3.21. The molecule has 3 aliphatic heterocycles. The standard InChI is InChI=1S/C27H33ClN2O6/c28-19-3-6-24-18(12-19)16-36-27(24)7-10-29(11-8-27)14-22(33)17-35-25-13-20(31)4-5-23(25)26(34)30-9-1-2-21(32)15-30/h3-6,12-13,21-22,31-33H,1-2,7-11,14-17H2/t21?,22-/m0/s1. The summed E-state index contributed by atoms with van der Waals surface area (Å²) in [6.45, 7) is 3.41. The number of phenolic OH excluding ortho intramolecular Hbond substituents is 1. The minimum absolute atomic E-state index is 0.00810. The van der Waals surface area contributed by atoms with E-state index in [4.69, 9.17) is 21.1 Å². The minimum atomic E-state index is -0.767. The largest absolute Gasteiger partial charge is 0.508 e. The number of phenols is 1. The van der Waals surface area contributed by atoms with E-state index in [1.54, 1.807) is 4.90 Å². The summed E-state index contributed by atoms with van der Waals surface area (Å²) in [6.07, 6.45) is 1.79. The molecule has 1 unspecified atom stereocenters. The van der Waals surface area contributed by atoms with Crippen LogP contribution in [0.1, 0.15) is 47.2 Å². The Morgan fingerprint density at radius 1 is 1.19 bits per heavy atom. The number of carbonyl (C=O) groups excluding carboxylic acids is 1. The number of aromatic hydroxyl groups is 1. The van der Waals surface area contributed by atoms with Gasteiger partial charge in [-0.2, -0.15) is 0 Å². The summed E-state index contributed by atoms with van der Waals surface area (Å²) in [5, 5.41) is 31.3. The van der Waals surface area contributed by atoms with Crippen LogP contribution in [-0.2, 0) is 16.9 Å². The predicted molar refractivity (Wildman–Crippen MR) is 134 cm³/mol. The molecule has 0 saturated carbocycles. The third-order valence-corrected chi connectivity index (χ3v) is 7.74. The fourth-order valence-electron chi connectivity index (χ4n) is 5.58. The summed E-state index contributed by atoms with van der Waals surface area (Å²) in [5.41, 5.74) is 2.40. The number of halogens is 1. The molecule has 8 nitrogen and oxygen atoms in total. The molecule has 2 fully saturated rings. The molecule has 2 atom stereocenters. The van der Waals surface area contributed by atoms with Crippen molar-refractivity contribution in [1.29, 1.82) is 0 Å². The summed E-state index contributed by atoms with van der Waals surface area (Å²) in [5.74, 6) is -0.0433. The van der Waals surface area contributed by atoms with Crippen LogP contribution in [0.4, 0.5) is 0 Å². The van der Waals surface area contributed by atoms with Gasteiger partial charge < -0.3 is 34.6 Å². The molecule has 0 aromatic heterocycles. The summed E-state index contributed by atoms with van der Waals surface area (Å²) in [4.78, 5) is 16.8. The second-order valence-corrected chi connectivity index (χ2v) is 10.5. The molecule has 3 aliphatic rings. The van der Waals surface area contributed by atoms with E-state index in [1.807, 2.05) is 12.1 Å². The van der Waals surface area contributed by atoms with E-state index in [0.717, 1.165) is 42.9 Å². The van der Waals surface area contributed by atoms with Gasteiger partial charge in [-0.3, -0.25) is 4.79 Å². The van der Waals surface area contributed by atoms with Crippen molar-refractivity contribution in [3.8, 4) is 11.5 Å². The second-order valence-electron chi connectivity index (χ2n) is 10.1. The lowest BCUT2D eigenvalue weighted by Crippen LogP contribution is -2.46. The molecular formula is C27H33ClN2O6. The molecule has 5 rings (SSSR count). The number of β-amino-alcohol motifs (C(OH)–C–C–N with tert-alkyl or cyclic N) is 2. The molecule has 3 heterocycles. The van der Waals surface area contributed by atoms with E-state index in [-0.39, 0.29) is 36.2 Å². The van der Waals surface area contributed by atoms with E-state index < -0.39 is 12.2 Å². The number of aliphatic hydroxyl groups is 2. The zero-order valence-corrected chi connectivity index (χ0v) is 21.0. The molecule has 2 saturated heterocycles. The smallest absolute Gasteiger partial charge is 0.257 e. The van der Waals surface area contributed by atoms with Crippen LogP contribution in [0.15, 0.2) is 36.4 Å². The Bertz CT molecular complexity index is 1100. The monoisotopic (exact) mass is 516 g/mol. The number of rotatable bonds is 6. The van der Waals surface area contributed by atoms with Crippen LogP contribution in [-0.4, -0.2) is 82.6 Å². The lowest BCUT2D eigenvalue weighted by atomic mass is 9.84. The average molecular weight is 517 g/mol. The SMILES string of the molecule is O=C(c1ccc(O)cc1OC[C@@H](O)CN1CCC2(CC1)OCc1cc(Cl)ccc12)N1CCCC(O)C1. The molecule has 1 spiro atoms. The second kappa shape index (κ2) is 10.6. The van der Waals surface area contributed by atoms with Crippen molar-refractivity contribution in [2.24, 2.45) is 0 Å². The van der Waals surface area contributed by atoms with E-state index >= 15 is 0 Å². The van der Waals surface area contributed by atoms with E-state index in [9.17, 15) is 20.1 Å². The first-order chi connectivity index (χ1) is 17.3. The number of fused-ring (bicyclic) bond motifs is 2. The number of ether oxygens (including phenoxy) is 2. The highest BCUT2D eigenvalue weighted by Gasteiger charge is 2.42. The molecule has 3 N–H and O–H groups in total. The molecule has 2 aromatic carbocycles. The topological polar surface area (TPSA) is 103 Å². The van der Waals surface area contributed by atoms with Crippen LogP contribution in [0.25, 0.3) is 0 Å². The van der Waals surface area contributed by atoms with Crippen LogP contribution in [0, 0.1) is 0 Å². The number of amides is 1. The van der Waals surface area contributed by atoms with Gasteiger partial charge in [-0.05, 0) is 61.1 Å². The number of hydrogen-bond donors (Lipinski definition) is 3. The number of hydrogen-bond acceptors (Lipinski definition) is 7. The molecule has 0 bridgehead atoms. The Hall–Kier alpha value is -2.36. The molecule has 194 valence electrons. The highest BCUT2D eigenvalue weighted by atomic mass is 35.5. The number of nitrogens with zero attached hydrogens (tertiary/aromatic N) is 2. The van der Waals surface area contributed by atoms with Gasteiger partial charge in [0.1, 0.15) is 24.2 Å². The number of piperidine rings is 2. The van der Waals surface area contributed by atoms with Crippen molar-refractivity contribution < 1.29 is 29.6 Å². The quantitative estimate of drug-likeness (QED) is 0.542. The maximum absolute atomic E-state index is 13.0. The highest BCUT2D eigenvalue weighted by Crippen LogP contribution is 2.44. The van der Waals surface area contributed by atoms with Gasteiger partial charge in [-0.15, -0.1) is 0 Å². The molecule has 1 amide bonds. The van der Waals surface area contributed by atoms with Gasteiger partial charge >= 0.3 is 0 Å². The van der Waals surface area contributed by atoms with Gasteiger partial charge in [0, 0.05) is 43.8 Å². The zero-order chi connectivity index (χ0) is 25.3. The predicted octanol–water partition coefficient (Wildman–Crippen LogP) is 2.90. The number of benzene rings is 2. The van der Waals surface area contributed by atoms with Gasteiger partial charge in [0.15, 0.2) is 0 Å². The first-order valence-electron chi connectivity index (χ1n) is 12.6. The normalized spacial score (nSPS) is 22.4. The number of likely N-dealkylation sites (tertiary alicyclic amines) is 2. The Morgan fingerprint density at radius 2 is 2.00 bits per heavy atom. The van der Waals surface area contributed by atoms with E-state index in [2.05, 4.69) is 11.0 Å². The van der Waals surface area contributed by atoms with Crippen molar-refractivity contribution in [3.63, 3.8) is 0 Å².